The largest absolute Gasteiger partial charge is 0.507 e. The SMILES string of the molecule is Cc1ccc2c(N3CC[C@H](C(NC(=O)O)C(C)C)C3)nc(-c3ccccc3O)nc2c1. The van der Waals surface area contributed by atoms with Crippen molar-refractivity contribution in [3.63, 3.8) is 0 Å². The smallest absolute Gasteiger partial charge is 0.404 e. The van der Waals surface area contributed by atoms with Gasteiger partial charge in [-0.25, -0.2) is 14.8 Å². The van der Waals surface area contributed by atoms with Gasteiger partial charge in [0.15, 0.2) is 5.82 Å². The average molecular weight is 421 g/mol. The summed E-state index contributed by atoms with van der Waals surface area (Å²) in [7, 11) is 0. The van der Waals surface area contributed by atoms with Crippen LogP contribution in [0.15, 0.2) is 42.5 Å². The highest BCUT2D eigenvalue weighted by atomic mass is 16.4. The molecule has 0 bridgehead atoms. The van der Waals surface area contributed by atoms with Gasteiger partial charge in [0.25, 0.3) is 0 Å². The summed E-state index contributed by atoms with van der Waals surface area (Å²) in [6, 6.07) is 13.1. The number of anilines is 1. The second-order valence-corrected chi connectivity index (χ2v) is 8.62. The number of para-hydroxylation sites is 1. The number of fused-ring (bicyclic) bond motifs is 1. The Labute approximate surface area is 181 Å². The van der Waals surface area contributed by atoms with E-state index in [9.17, 15) is 15.0 Å². The molecule has 31 heavy (non-hydrogen) atoms. The van der Waals surface area contributed by atoms with Crippen LogP contribution in [0, 0.1) is 18.8 Å². The summed E-state index contributed by atoms with van der Waals surface area (Å²) in [6.07, 6.45) is -0.103. The predicted molar refractivity (Wildman–Crippen MR) is 121 cm³/mol. The van der Waals surface area contributed by atoms with Gasteiger partial charge in [-0.15, -0.1) is 0 Å². The molecule has 1 fully saturated rings. The summed E-state index contributed by atoms with van der Waals surface area (Å²) >= 11 is 0. The third kappa shape index (κ3) is 4.26. The van der Waals surface area contributed by atoms with Gasteiger partial charge in [-0.2, -0.15) is 0 Å². The highest BCUT2D eigenvalue weighted by Crippen LogP contribution is 2.35. The zero-order chi connectivity index (χ0) is 22.1. The van der Waals surface area contributed by atoms with Crippen LogP contribution in [0.1, 0.15) is 25.8 Å². The van der Waals surface area contributed by atoms with Crippen molar-refractivity contribution in [1.82, 2.24) is 15.3 Å². The first-order chi connectivity index (χ1) is 14.8. The van der Waals surface area contributed by atoms with Crippen molar-refractivity contribution in [1.29, 1.82) is 0 Å². The molecule has 4 rings (SSSR count). The van der Waals surface area contributed by atoms with Crippen LogP contribution in [0.4, 0.5) is 10.6 Å². The number of phenols is 1. The zero-order valence-corrected chi connectivity index (χ0v) is 18.0. The molecule has 0 saturated carbocycles. The van der Waals surface area contributed by atoms with E-state index in [1.54, 1.807) is 12.1 Å². The fraction of sp³-hybridized carbons (Fsp3) is 0.375. The van der Waals surface area contributed by atoms with Crippen molar-refractivity contribution in [2.75, 3.05) is 18.0 Å². The lowest BCUT2D eigenvalue weighted by Gasteiger charge is -2.27. The molecule has 1 amide bonds. The van der Waals surface area contributed by atoms with Gasteiger partial charge >= 0.3 is 6.09 Å². The standard InChI is InChI=1S/C24H28N4O3/c1-14(2)21(26-24(30)31)16-10-11-28(13-16)23-17-9-8-15(3)12-19(17)25-22(27-23)18-6-4-5-7-20(18)29/h4-9,12,14,16,21,26,29H,10-11,13H2,1-3H3,(H,30,31)/t16-,21?/m0/s1. The minimum Gasteiger partial charge on any atom is -0.507 e. The lowest BCUT2D eigenvalue weighted by molar-refractivity contribution is 0.178. The lowest BCUT2D eigenvalue weighted by atomic mass is 9.90. The number of phenolic OH excluding ortho intramolecular Hbond substituents is 1. The molecule has 0 spiro atoms. The van der Waals surface area contributed by atoms with E-state index < -0.39 is 6.09 Å². The molecular formula is C24H28N4O3. The van der Waals surface area contributed by atoms with Gasteiger partial charge in [-0.05, 0) is 55.0 Å². The second kappa shape index (κ2) is 8.41. The molecule has 1 unspecified atom stereocenters. The van der Waals surface area contributed by atoms with Crippen LogP contribution in [0.3, 0.4) is 0 Å². The van der Waals surface area contributed by atoms with Crippen molar-refractivity contribution in [2.24, 2.45) is 11.8 Å². The number of aryl methyl sites for hydroxylation is 1. The van der Waals surface area contributed by atoms with E-state index in [1.165, 1.54) is 0 Å². The Bertz CT molecular complexity index is 1120. The molecule has 162 valence electrons. The predicted octanol–water partition coefficient (Wildman–Crippen LogP) is 4.43. The molecular weight excluding hydrogens is 392 g/mol. The molecule has 7 nitrogen and oxygen atoms in total. The van der Waals surface area contributed by atoms with Gasteiger partial charge in [0, 0.05) is 24.5 Å². The fourth-order valence-corrected chi connectivity index (χ4v) is 4.49. The number of aromatic hydroxyl groups is 1. The topological polar surface area (TPSA) is 98.6 Å². The second-order valence-electron chi connectivity index (χ2n) is 8.62. The van der Waals surface area contributed by atoms with Crippen LogP contribution < -0.4 is 10.2 Å². The Hall–Kier alpha value is -3.35. The van der Waals surface area contributed by atoms with Crippen molar-refractivity contribution >= 4 is 22.8 Å². The number of carbonyl (C=O) groups is 1. The van der Waals surface area contributed by atoms with Crippen LogP contribution in [0.2, 0.25) is 0 Å². The molecule has 3 N–H and O–H groups in total. The number of benzene rings is 2. The van der Waals surface area contributed by atoms with Gasteiger partial charge in [0.1, 0.15) is 11.6 Å². The van der Waals surface area contributed by atoms with Gasteiger partial charge in [-0.1, -0.05) is 32.0 Å². The number of aromatic nitrogens is 2. The van der Waals surface area contributed by atoms with Crippen LogP contribution in [-0.4, -0.2) is 45.4 Å². The first-order valence-electron chi connectivity index (χ1n) is 10.6. The summed E-state index contributed by atoms with van der Waals surface area (Å²) < 4.78 is 0. The maximum absolute atomic E-state index is 11.3. The van der Waals surface area contributed by atoms with Crippen molar-refractivity contribution in [3.8, 4) is 17.1 Å². The number of nitrogens with zero attached hydrogens (tertiary/aromatic N) is 3. The minimum atomic E-state index is -0.984. The molecule has 2 atom stereocenters. The Kier molecular flexibility index (Phi) is 5.67. The van der Waals surface area contributed by atoms with Gasteiger partial charge < -0.3 is 20.4 Å². The van der Waals surface area contributed by atoms with Crippen LogP contribution in [0.25, 0.3) is 22.3 Å². The Morgan fingerprint density at radius 2 is 1.97 bits per heavy atom. The van der Waals surface area contributed by atoms with Gasteiger partial charge in [0.05, 0.1) is 11.1 Å². The molecule has 2 heterocycles. The Balaban J connectivity index is 1.75. The molecule has 1 aromatic heterocycles. The quantitative estimate of drug-likeness (QED) is 0.565. The van der Waals surface area contributed by atoms with Gasteiger partial charge in [0.2, 0.25) is 0 Å². The number of rotatable bonds is 5. The third-order valence-electron chi connectivity index (χ3n) is 6.02. The normalized spacial score (nSPS) is 17.3. The molecule has 3 aromatic rings. The maximum Gasteiger partial charge on any atom is 0.404 e. The highest BCUT2D eigenvalue weighted by Gasteiger charge is 2.33. The first-order valence-corrected chi connectivity index (χ1v) is 10.6. The molecule has 1 aliphatic rings. The first kappa shape index (κ1) is 20.9. The van der Waals surface area contributed by atoms with E-state index in [4.69, 9.17) is 9.97 Å². The van der Waals surface area contributed by atoms with E-state index in [0.717, 1.165) is 35.2 Å². The zero-order valence-electron chi connectivity index (χ0n) is 18.0. The number of amides is 1. The summed E-state index contributed by atoms with van der Waals surface area (Å²) in [5.41, 5.74) is 2.52. The monoisotopic (exact) mass is 420 g/mol. The van der Waals surface area contributed by atoms with E-state index in [-0.39, 0.29) is 23.6 Å². The summed E-state index contributed by atoms with van der Waals surface area (Å²) in [5, 5.41) is 23.3. The number of hydrogen-bond donors (Lipinski definition) is 3. The van der Waals surface area contributed by atoms with E-state index in [0.29, 0.717) is 17.9 Å². The van der Waals surface area contributed by atoms with Gasteiger partial charge in [-0.3, -0.25) is 0 Å². The highest BCUT2D eigenvalue weighted by molar-refractivity contribution is 5.92. The number of nitrogens with one attached hydrogen (secondary N) is 1. The maximum atomic E-state index is 11.3. The molecule has 1 aliphatic heterocycles. The molecule has 1 saturated heterocycles. The number of hydrogen-bond acceptors (Lipinski definition) is 5. The Morgan fingerprint density at radius 3 is 2.68 bits per heavy atom. The fourth-order valence-electron chi connectivity index (χ4n) is 4.49. The average Bonchev–Trinajstić information content (AvgIpc) is 3.20. The van der Waals surface area contributed by atoms with Crippen LogP contribution in [0.5, 0.6) is 5.75 Å². The minimum absolute atomic E-state index is 0.115. The van der Waals surface area contributed by atoms with E-state index in [1.807, 2.05) is 51.1 Å². The van der Waals surface area contributed by atoms with Crippen molar-refractivity contribution in [3.05, 3.63) is 48.0 Å². The molecule has 0 radical (unpaired) electrons. The van der Waals surface area contributed by atoms with Crippen LogP contribution in [-0.2, 0) is 0 Å². The molecule has 7 heteroatoms. The molecule has 2 aromatic carbocycles. The van der Waals surface area contributed by atoms with Crippen LogP contribution >= 0.6 is 0 Å². The summed E-state index contributed by atoms with van der Waals surface area (Å²) in [5.74, 6) is 1.84. The lowest BCUT2D eigenvalue weighted by Crippen LogP contribution is -2.44. The summed E-state index contributed by atoms with van der Waals surface area (Å²) in [6.45, 7) is 7.61. The summed E-state index contributed by atoms with van der Waals surface area (Å²) in [4.78, 5) is 23.1. The van der Waals surface area contributed by atoms with E-state index >= 15 is 0 Å². The van der Waals surface area contributed by atoms with Crippen molar-refractivity contribution < 1.29 is 15.0 Å². The van der Waals surface area contributed by atoms with E-state index in [2.05, 4.69) is 10.2 Å². The number of carboxylic acid groups (broad SMARTS) is 1. The van der Waals surface area contributed by atoms with Crippen molar-refractivity contribution in [2.45, 2.75) is 33.2 Å². The Morgan fingerprint density at radius 1 is 1.19 bits per heavy atom. The third-order valence-corrected chi connectivity index (χ3v) is 6.02. The molecule has 0 aliphatic carbocycles.